The Morgan fingerprint density at radius 2 is 1.97 bits per heavy atom. The van der Waals surface area contributed by atoms with Crippen molar-refractivity contribution in [2.45, 2.75) is 23.9 Å². The van der Waals surface area contributed by atoms with Gasteiger partial charge in [0.2, 0.25) is 0 Å². The fraction of sp³-hybridized carbons (Fsp3) is 0.200. The molecule has 3 aromatic rings. The molecule has 0 aliphatic rings. The molecule has 1 heterocycles. The van der Waals surface area contributed by atoms with E-state index in [4.69, 9.17) is 0 Å². The first-order valence-corrected chi connectivity index (χ1v) is 11.4. The van der Waals surface area contributed by atoms with Crippen LogP contribution in [-0.2, 0) is 10.0 Å². The number of hydrogen-bond acceptors (Lipinski definition) is 7. The van der Waals surface area contributed by atoms with Crippen molar-refractivity contribution in [2.75, 3.05) is 18.3 Å². The van der Waals surface area contributed by atoms with Crippen molar-refractivity contribution in [1.82, 2.24) is 20.5 Å². The third kappa shape index (κ3) is 5.02. The van der Waals surface area contributed by atoms with Crippen LogP contribution in [0.5, 0.6) is 5.75 Å². The standard InChI is InChI=1S/C20H23N5O3S2/c1-13(11-21-3)8-9-14(2)30(27,28)25-17-10-18(29-20-22-12-23-24-20)19(26)16-7-5-4-6-15(16)17/h4-10,12,21,25-26H,11H2,1-3H3,(H,22,23,24). The summed E-state index contributed by atoms with van der Waals surface area (Å²) in [5.41, 5.74) is 1.38. The number of H-pyrrole nitrogens is 1. The molecule has 3 rings (SSSR count). The van der Waals surface area contributed by atoms with Gasteiger partial charge in [0.15, 0.2) is 5.16 Å². The second kappa shape index (κ2) is 9.33. The summed E-state index contributed by atoms with van der Waals surface area (Å²) in [6.07, 6.45) is 4.70. The van der Waals surface area contributed by atoms with Crippen molar-refractivity contribution in [3.05, 3.63) is 59.3 Å². The lowest BCUT2D eigenvalue weighted by atomic mass is 10.1. The number of phenolic OH excluding ortho intramolecular Hbond substituents is 1. The van der Waals surface area contributed by atoms with Crippen molar-refractivity contribution in [3.8, 4) is 5.75 Å². The maximum Gasteiger partial charge on any atom is 0.257 e. The van der Waals surface area contributed by atoms with Crippen molar-refractivity contribution < 1.29 is 13.5 Å². The molecule has 158 valence electrons. The summed E-state index contributed by atoms with van der Waals surface area (Å²) in [7, 11) is -1.96. The van der Waals surface area contributed by atoms with Gasteiger partial charge in [0.1, 0.15) is 12.1 Å². The molecule has 2 aromatic carbocycles. The summed E-state index contributed by atoms with van der Waals surface area (Å²) in [5, 5.41) is 21.8. The maximum absolute atomic E-state index is 12.9. The van der Waals surface area contributed by atoms with Crippen molar-refractivity contribution >= 4 is 38.2 Å². The van der Waals surface area contributed by atoms with Crippen molar-refractivity contribution in [2.24, 2.45) is 0 Å². The highest BCUT2D eigenvalue weighted by molar-refractivity contribution is 7.99. The molecule has 0 unspecified atom stereocenters. The van der Waals surface area contributed by atoms with Crippen LogP contribution in [0.2, 0.25) is 0 Å². The molecule has 8 nitrogen and oxygen atoms in total. The Hall–Kier alpha value is -2.82. The summed E-state index contributed by atoms with van der Waals surface area (Å²) in [5.74, 6) is 0.0489. The highest BCUT2D eigenvalue weighted by Gasteiger charge is 2.18. The number of anilines is 1. The topological polar surface area (TPSA) is 120 Å². The number of sulfonamides is 1. The van der Waals surface area contributed by atoms with Gasteiger partial charge in [0.05, 0.1) is 15.5 Å². The van der Waals surface area contributed by atoms with E-state index in [0.29, 0.717) is 33.1 Å². The number of benzene rings is 2. The van der Waals surface area contributed by atoms with E-state index in [2.05, 4.69) is 25.2 Å². The third-order valence-electron chi connectivity index (χ3n) is 4.31. The molecule has 0 spiro atoms. The van der Waals surface area contributed by atoms with E-state index >= 15 is 0 Å². The van der Waals surface area contributed by atoms with E-state index in [9.17, 15) is 13.5 Å². The number of aromatic amines is 1. The molecule has 0 atom stereocenters. The first-order chi connectivity index (χ1) is 14.3. The lowest BCUT2D eigenvalue weighted by molar-refractivity contribution is 0.469. The van der Waals surface area contributed by atoms with Crippen LogP contribution in [0.4, 0.5) is 5.69 Å². The van der Waals surface area contributed by atoms with Gasteiger partial charge in [0.25, 0.3) is 10.0 Å². The number of nitrogens with zero attached hydrogens (tertiary/aromatic N) is 2. The first kappa shape index (κ1) is 21.9. The second-order valence-corrected chi connectivity index (χ2v) is 9.52. The zero-order chi connectivity index (χ0) is 21.7. The van der Waals surface area contributed by atoms with Gasteiger partial charge < -0.3 is 10.4 Å². The minimum Gasteiger partial charge on any atom is -0.506 e. The first-order valence-electron chi connectivity index (χ1n) is 9.11. The number of aromatic hydroxyl groups is 1. The normalized spacial score (nSPS) is 13.0. The van der Waals surface area contributed by atoms with Crippen LogP contribution >= 0.6 is 11.8 Å². The van der Waals surface area contributed by atoms with E-state index in [1.165, 1.54) is 13.3 Å². The summed E-state index contributed by atoms with van der Waals surface area (Å²) in [6, 6.07) is 8.65. The number of aromatic nitrogens is 3. The Kier molecular flexibility index (Phi) is 6.80. The minimum absolute atomic E-state index is 0.0489. The summed E-state index contributed by atoms with van der Waals surface area (Å²) < 4.78 is 28.5. The number of phenols is 1. The molecule has 0 saturated heterocycles. The zero-order valence-corrected chi connectivity index (χ0v) is 18.4. The monoisotopic (exact) mass is 445 g/mol. The van der Waals surface area contributed by atoms with E-state index in [-0.39, 0.29) is 10.7 Å². The molecule has 1 aromatic heterocycles. The average molecular weight is 446 g/mol. The predicted octanol–water partition coefficient (Wildman–Crippen LogP) is 3.63. The molecule has 4 N–H and O–H groups in total. The van der Waals surface area contributed by atoms with Gasteiger partial charge in [-0.2, -0.15) is 5.10 Å². The van der Waals surface area contributed by atoms with Crippen molar-refractivity contribution in [3.63, 3.8) is 0 Å². The Bertz CT molecular complexity index is 1200. The summed E-state index contributed by atoms with van der Waals surface area (Å²) in [6.45, 7) is 4.13. The number of rotatable bonds is 8. The number of fused-ring (bicyclic) bond motifs is 1. The molecule has 0 bridgehead atoms. The van der Waals surface area contributed by atoms with Gasteiger partial charge in [-0.15, -0.1) is 0 Å². The highest BCUT2D eigenvalue weighted by Crippen LogP contribution is 2.42. The number of likely N-dealkylation sites (N-methyl/N-ethyl adjacent to an activating group) is 1. The molecule has 0 aliphatic carbocycles. The molecule has 10 heteroatoms. The maximum atomic E-state index is 12.9. The fourth-order valence-corrected chi connectivity index (χ4v) is 4.41. The number of hydrogen-bond donors (Lipinski definition) is 4. The Morgan fingerprint density at radius 3 is 2.63 bits per heavy atom. The largest absolute Gasteiger partial charge is 0.506 e. The quantitative estimate of drug-likeness (QED) is 0.309. The van der Waals surface area contributed by atoms with Gasteiger partial charge in [-0.1, -0.05) is 35.9 Å². The molecule has 0 aliphatic heterocycles. The van der Waals surface area contributed by atoms with Crippen molar-refractivity contribution in [1.29, 1.82) is 0 Å². The second-order valence-electron chi connectivity index (χ2n) is 6.64. The average Bonchev–Trinajstić information content (AvgIpc) is 3.23. The lowest BCUT2D eigenvalue weighted by Gasteiger charge is -2.14. The Balaban J connectivity index is 2.01. The molecular weight excluding hydrogens is 422 g/mol. The predicted molar refractivity (Wildman–Crippen MR) is 120 cm³/mol. The van der Waals surface area contributed by atoms with Crippen LogP contribution in [0.3, 0.4) is 0 Å². The molecule has 0 radical (unpaired) electrons. The Morgan fingerprint density at radius 1 is 1.23 bits per heavy atom. The van der Waals surface area contributed by atoms with Crippen LogP contribution in [-0.4, -0.2) is 42.3 Å². The molecule has 0 fully saturated rings. The van der Waals surface area contributed by atoms with Crippen LogP contribution in [0, 0.1) is 0 Å². The Labute approximate surface area is 179 Å². The lowest BCUT2D eigenvalue weighted by Crippen LogP contribution is -2.14. The highest BCUT2D eigenvalue weighted by atomic mass is 32.2. The smallest absolute Gasteiger partial charge is 0.257 e. The minimum atomic E-state index is -3.79. The van der Waals surface area contributed by atoms with Gasteiger partial charge in [0, 0.05) is 17.3 Å². The molecule has 0 amide bonds. The van der Waals surface area contributed by atoms with Gasteiger partial charge >= 0.3 is 0 Å². The van der Waals surface area contributed by atoms with E-state index in [1.54, 1.807) is 42.5 Å². The van der Waals surface area contributed by atoms with Crippen LogP contribution in [0.1, 0.15) is 13.8 Å². The van der Waals surface area contributed by atoms with E-state index < -0.39 is 10.0 Å². The van der Waals surface area contributed by atoms with Gasteiger partial charge in [-0.3, -0.25) is 9.82 Å². The molecular formula is C20H23N5O3S2. The SMILES string of the molecule is CNCC(C)=CC=C(C)S(=O)(=O)Nc1cc(Sc2ncn[nH]2)c(O)c2ccccc12. The molecule has 0 saturated carbocycles. The van der Waals surface area contributed by atoms with Crippen LogP contribution in [0.15, 0.2) is 69.3 Å². The fourth-order valence-electron chi connectivity index (χ4n) is 2.76. The number of allylic oxidation sites excluding steroid dienone is 3. The zero-order valence-electron chi connectivity index (χ0n) is 16.8. The van der Waals surface area contributed by atoms with Gasteiger partial charge in [-0.25, -0.2) is 13.4 Å². The molecule has 30 heavy (non-hydrogen) atoms. The van der Waals surface area contributed by atoms with Crippen LogP contribution in [0.25, 0.3) is 10.8 Å². The summed E-state index contributed by atoms with van der Waals surface area (Å²) >= 11 is 1.16. The van der Waals surface area contributed by atoms with E-state index in [1.807, 2.05) is 14.0 Å². The third-order valence-corrected chi connectivity index (χ3v) is 6.70. The van der Waals surface area contributed by atoms with Gasteiger partial charge in [-0.05, 0) is 44.8 Å². The van der Waals surface area contributed by atoms with E-state index in [0.717, 1.165) is 17.3 Å². The number of nitrogens with one attached hydrogen (secondary N) is 3. The van der Waals surface area contributed by atoms with Crippen LogP contribution < -0.4 is 10.0 Å². The summed E-state index contributed by atoms with van der Waals surface area (Å²) in [4.78, 5) is 4.68.